The summed E-state index contributed by atoms with van der Waals surface area (Å²) in [6.07, 6.45) is 3.34. The molecule has 1 unspecified atom stereocenters. The zero-order valence-corrected chi connectivity index (χ0v) is 40.8. The molecule has 0 bridgehead atoms. The van der Waals surface area contributed by atoms with Crippen molar-refractivity contribution >= 4 is 44.7 Å². The lowest BCUT2D eigenvalue weighted by Crippen LogP contribution is -2.30. The number of methoxy groups -OCH3 is 2. The lowest BCUT2D eigenvalue weighted by molar-refractivity contribution is 0.202. The van der Waals surface area contributed by atoms with Crippen molar-refractivity contribution in [2.45, 2.75) is 39.7 Å². The van der Waals surface area contributed by atoms with E-state index in [1.165, 1.54) is 13.3 Å². The van der Waals surface area contributed by atoms with Gasteiger partial charge in [-0.1, -0.05) is 44.2 Å². The van der Waals surface area contributed by atoms with Crippen molar-refractivity contribution < 1.29 is 36.9 Å². The highest BCUT2D eigenvalue weighted by Crippen LogP contribution is 2.32. The fraction of sp³-hybridized carbons (Fsp3) is 0.800. The van der Waals surface area contributed by atoms with Gasteiger partial charge < -0.3 is 9.47 Å². The van der Waals surface area contributed by atoms with Gasteiger partial charge in [0.05, 0.1) is 13.2 Å². The van der Waals surface area contributed by atoms with Crippen molar-refractivity contribution in [2.24, 2.45) is 16.5 Å². The molecule has 0 radical (unpaired) electrons. The first-order valence-corrected chi connectivity index (χ1v) is 31.5. The van der Waals surface area contributed by atoms with Crippen LogP contribution in [0.25, 0.3) is 0 Å². The Kier molecular flexibility index (Phi) is 36.3. The van der Waals surface area contributed by atoms with E-state index in [2.05, 4.69) is 56.8 Å². The molecule has 1 aromatic carbocycles. The van der Waals surface area contributed by atoms with E-state index < -0.39 is 44.7 Å². The molecular weight excluding hydrogens is 842 g/mol. The molecule has 0 saturated carbocycles. The van der Waals surface area contributed by atoms with Crippen LogP contribution < -0.4 is 62.3 Å². The maximum absolute atomic E-state index is 11.6. The number of ether oxygens (including phenoxy) is 2. The molecule has 2 aliphatic heterocycles. The molecule has 2 heterocycles. The first-order valence-electron chi connectivity index (χ1n) is 18.3. The van der Waals surface area contributed by atoms with Crippen LogP contribution in [0, 0.1) is 0 Å². The van der Waals surface area contributed by atoms with Gasteiger partial charge in [0.2, 0.25) is 44.7 Å². The van der Waals surface area contributed by atoms with Crippen LogP contribution in [0.15, 0.2) is 30.3 Å². The van der Waals surface area contributed by atoms with E-state index in [0.717, 1.165) is 64.1 Å². The molecule has 0 aromatic heterocycles. The standard InChI is InChI=1S/C8H13N2OP.C7H19N2O3P.C5H13N2OP.C5H15N2OP.C4H11N2OP.CH7N2OP/c1-12(9,11)10-7-8-5-3-2-4-6-8;1-11-6-4-8-13(3,10)9-5-7-12-2;1-9(8)6-4-2-3-5-7-9;1-4-6-9(3,8)7-5-2;1-8(7)5-3-2-4-6-8;1-5(2,3)4/h2-6H,7H2,1H3,(H3,9,10,11);4-7H2,1-3H3,(H2,8,9,10);2-5H2,1H3,(H2,6,7,8);4-5H2,1-3H3,(H2,6,7,8);2-4H2,1H3,(H2,5,6,7);1H3,(H4,2,3,4). The minimum atomic E-state index is -2.64. The molecule has 0 spiro atoms. The second kappa shape index (κ2) is 33.7. The summed E-state index contributed by atoms with van der Waals surface area (Å²) in [6, 6.07) is 9.74. The van der Waals surface area contributed by atoms with E-state index in [0.29, 0.717) is 32.8 Å². The third-order valence-electron chi connectivity index (χ3n) is 6.41. The molecular formula is C30H78N12O8P6. The van der Waals surface area contributed by atoms with Gasteiger partial charge in [-0.3, -0.25) is 89.7 Å². The van der Waals surface area contributed by atoms with Gasteiger partial charge in [-0.25, -0.2) is 0 Å². The number of nitrogens with two attached hydrogens (primary N) is 3. The molecule has 26 heteroatoms. The normalized spacial score (nSPS) is 17.4. The Balaban J connectivity index is -0.000000614. The highest BCUT2D eigenvalue weighted by atomic mass is 31.2. The number of hydrogen-bond donors (Lipinski definition) is 12. The Morgan fingerprint density at radius 2 is 0.964 bits per heavy atom. The zero-order valence-electron chi connectivity index (χ0n) is 35.5. The Bertz CT molecular complexity index is 1350. The zero-order chi connectivity index (χ0) is 43.8. The molecule has 15 N–H and O–H groups in total. The van der Waals surface area contributed by atoms with Gasteiger partial charge in [-0.2, -0.15) is 0 Å². The van der Waals surface area contributed by atoms with Crippen LogP contribution in [0.2, 0.25) is 0 Å². The van der Waals surface area contributed by atoms with Crippen molar-refractivity contribution in [3.63, 3.8) is 0 Å². The fourth-order valence-electron chi connectivity index (χ4n) is 3.90. The van der Waals surface area contributed by atoms with Gasteiger partial charge in [0.25, 0.3) is 0 Å². The molecule has 20 nitrogen and oxygen atoms in total. The van der Waals surface area contributed by atoms with Crippen LogP contribution in [0.1, 0.15) is 38.7 Å². The maximum Gasteiger partial charge on any atom is 0.208 e. The van der Waals surface area contributed by atoms with Crippen molar-refractivity contribution in [3.05, 3.63) is 35.9 Å². The summed E-state index contributed by atoms with van der Waals surface area (Å²) >= 11 is 0. The van der Waals surface area contributed by atoms with Gasteiger partial charge in [0, 0.05) is 100 Å². The van der Waals surface area contributed by atoms with Crippen LogP contribution in [-0.2, 0) is 43.4 Å². The quantitative estimate of drug-likeness (QED) is 0.0880. The Morgan fingerprint density at radius 1 is 0.625 bits per heavy atom. The largest absolute Gasteiger partial charge is 0.383 e. The lowest BCUT2D eigenvalue weighted by atomic mass is 10.2. The molecule has 0 aliphatic carbocycles. The first kappa shape index (κ1) is 60.3. The second-order valence-corrected chi connectivity index (χ2v) is 27.4. The van der Waals surface area contributed by atoms with Gasteiger partial charge >= 0.3 is 0 Å². The highest BCUT2D eigenvalue weighted by Gasteiger charge is 2.16. The second-order valence-electron chi connectivity index (χ2n) is 13.1. The third-order valence-corrected chi connectivity index (χ3v) is 14.0. The van der Waals surface area contributed by atoms with Gasteiger partial charge in [-0.05, 0) is 37.9 Å². The van der Waals surface area contributed by atoms with E-state index in [1.54, 1.807) is 40.9 Å². The number of nitrogens with one attached hydrogen (secondary N) is 9. The monoisotopic (exact) mass is 920 g/mol. The average molecular weight is 921 g/mol. The molecule has 2 aliphatic rings. The van der Waals surface area contributed by atoms with Crippen LogP contribution >= 0.6 is 44.7 Å². The van der Waals surface area contributed by atoms with E-state index in [4.69, 9.17) is 15.0 Å². The van der Waals surface area contributed by atoms with E-state index >= 15 is 0 Å². The number of benzene rings is 1. The Morgan fingerprint density at radius 3 is 1.29 bits per heavy atom. The summed E-state index contributed by atoms with van der Waals surface area (Å²) in [5.41, 5.74) is 15.8. The van der Waals surface area contributed by atoms with Crippen LogP contribution in [0.4, 0.5) is 0 Å². The van der Waals surface area contributed by atoms with Crippen LogP contribution in [-0.4, -0.2) is 120 Å². The van der Waals surface area contributed by atoms with Gasteiger partial charge in [-0.15, -0.1) is 0 Å². The molecule has 2 saturated heterocycles. The fourth-order valence-corrected chi connectivity index (χ4v) is 9.43. The molecule has 56 heavy (non-hydrogen) atoms. The van der Waals surface area contributed by atoms with Crippen molar-refractivity contribution in [3.8, 4) is 0 Å². The Labute approximate surface area is 338 Å². The number of hydrogen-bond acceptors (Lipinski definition) is 8. The molecule has 0 amide bonds. The predicted octanol–water partition coefficient (Wildman–Crippen LogP) is 3.77. The SMILES string of the molecule is CCNP(C)(=O)NCC.COCCNP(C)(=O)NCCOC.CP(N)(=O)NCc1ccccc1.CP(N)(N)=O.CP1(=O)NCCCCN1.CP1(=O)NCCCN1. The predicted molar refractivity (Wildman–Crippen MR) is 240 cm³/mol. The summed E-state index contributed by atoms with van der Waals surface area (Å²) in [7, 11) is -10.8. The summed E-state index contributed by atoms with van der Waals surface area (Å²) in [5, 5.41) is 26.0. The Hall–Kier alpha value is 0.0400. The summed E-state index contributed by atoms with van der Waals surface area (Å²) in [6.45, 7) is 21.4. The topological polar surface area (TPSA) is 307 Å². The third kappa shape index (κ3) is 50.2. The smallest absolute Gasteiger partial charge is 0.208 e. The van der Waals surface area contributed by atoms with E-state index in [-0.39, 0.29) is 0 Å². The van der Waals surface area contributed by atoms with E-state index in [1.807, 2.05) is 44.2 Å². The van der Waals surface area contributed by atoms with Gasteiger partial charge in [0.1, 0.15) is 0 Å². The van der Waals surface area contributed by atoms with E-state index in [9.17, 15) is 27.4 Å². The molecule has 336 valence electrons. The highest BCUT2D eigenvalue weighted by molar-refractivity contribution is 7.60. The minimum absolute atomic E-state index is 0.559. The summed E-state index contributed by atoms with van der Waals surface area (Å²) in [5.74, 6) is 0. The minimum Gasteiger partial charge on any atom is -0.383 e. The lowest BCUT2D eigenvalue weighted by Gasteiger charge is -2.20. The summed E-state index contributed by atoms with van der Waals surface area (Å²) in [4.78, 5) is 0. The van der Waals surface area contributed by atoms with Crippen LogP contribution in [0.3, 0.4) is 0 Å². The van der Waals surface area contributed by atoms with Crippen molar-refractivity contribution in [2.75, 3.05) is 120 Å². The molecule has 1 aromatic rings. The summed E-state index contributed by atoms with van der Waals surface area (Å²) < 4.78 is 75.5. The maximum atomic E-state index is 11.6. The van der Waals surface area contributed by atoms with Crippen LogP contribution in [0.5, 0.6) is 0 Å². The van der Waals surface area contributed by atoms with Crippen molar-refractivity contribution in [1.82, 2.24) is 45.8 Å². The average Bonchev–Trinajstić information content (AvgIpc) is 3.27. The molecule has 2 fully saturated rings. The molecule has 1 atom stereocenters. The number of rotatable bonds is 15. The molecule has 3 rings (SSSR count). The van der Waals surface area contributed by atoms with Gasteiger partial charge in [0.15, 0.2) is 0 Å². The first-order chi connectivity index (χ1) is 25.7. The van der Waals surface area contributed by atoms with Crippen molar-refractivity contribution in [1.29, 1.82) is 0 Å².